The van der Waals surface area contributed by atoms with E-state index in [1.54, 1.807) is 19.1 Å². The van der Waals surface area contributed by atoms with Gasteiger partial charge in [-0.15, -0.1) is 0 Å². The van der Waals surface area contributed by atoms with Gasteiger partial charge in [-0.05, 0) is 37.5 Å². The predicted octanol–water partition coefficient (Wildman–Crippen LogP) is 1.30. The van der Waals surface area contributed by atoms with Crippen molar-refractivity contribution in [3.8, 4) is 0 Å². The lowest BCUT2D eigenvalue weighted by atomic mass is 10.2. The fourth-order valence-corrected chi connectivity index (χ4v) is 6.80. The zero-order valence-corrected chi connectivity index (χ0v) is 16.9. The van der Waals surface area contributed by atoms with Crippen LogP contribution in [0.15, 0.2) is 29.2 Å². The largest absolute Gasteiger partial charge is 0.352 e. The average molecular weight is 403 g/mol. The average Bonchev–Trinajstić information content (AvgIpc) is 2.92. The van der Waals surface area contributed by atoms with E-state index in [2.05, 4.69) is 5.32 Å². The number of nitrogens with one attached hydrogen (secondary N) is 1. The molecule has 1 heterocycles. The van der Waals surface area contributed by atoms with Gasteiger partial charge in [-0.3, -0.25) is 4.79 Å². The quantitative estimate of drug-likeness (QED) is 0.741. The van der Waals surface area contributed by atoms with E-state index < -0.39 is 25.9 Å². The monoisotopic (exact) mass is 402 g/mol. The number of benzene rings is 1. The van der Waals surface area contributed by atoms with Crippen molar-refractivity contribution in [3.63, 3.8) is 0 Å². The Balaban J connectivity index is 2.30. The Morgan fingerprint density at radius 1 is 1.31 bits per heavy atom. The SMILES string of the molecule is CC[C@@H](C)N([C@H]1CCS(=O)(=O)C1)S(=O)(=O)c1ccc(CNC(C)=O)cc1. The second-order valence-corrected chi connectivity index (χ2v) is 10.8. The van der Waals surface area contributed by atoms with Gasteiger partial charge >= 0.3 is 0 Å². The fraction of sp³-hybridized carbons (Fsp3) is 0.588. The molecule has 0 radical (unpaired) electrons. The van der Waals surface area contributed by atoms with Crippen LogP contribution in [0.3, 0.4) is 0 Å². The Hall–Kier alpha value is -1.45. The summed E-state index contributed by atoms with van der Waals surface area (Å²) in [5.74, 6) is -0.264. The van der Waals surface area contributed by atoms with Crippen molar-refractivity contribution in [1.82, 2.24) is 9.62 Å². The van der Waals surface area contributed by atoms with Gasteiger partial charge in [-0.25, -0.2) is 16.8 Å². The van der Waals surface area contributed by atoms with Gasteiger partial charge in [0.25, 0.3) is 0 Å². The molecular weight excluding hydrogens is 376 g/mol. The maximum Gasteiger partial charge on any atom is 0.243 e. The normalized spacial score (nSPS) is 20.8. The molecule has 0 bridgehead atoms. The smallest absolute Gasteiger partial charge is 0.243 e. The van der Waals surface area contributed by atoms with Crippen LogP contribution in [0.1, 0.15) is 39.2 Å². The minimum absolute atomic E-state index is 0.0236. The maximum absolute atomic E-state index is 13.2. The summed E-state index contributed by atoms with van der Waals surface area (Å²) >= 11 is 0. The third-order valence-corrected chi connectivity index (χ3v) is 8.47. The van der Waals surface area contributed by atoms with Gasteiger partial charge < -0.3 is 5.32 Å². The Bertz CT molecular complexity index is 848. The topological polar surface area (TPSA) is 101 Å². The van der Waals surface area contributed by atoms with Crippen molar-refractivity contribution in [2.24, 2.45) is 0 Å². The fourth-order valence-electron chi connectivity index (χ4n) is 3.08. The van der Waals surface area contributed by atoms with Crippen molar-refractivity contribution in [3.05, 3.63) is 29.8 Å². The highest BCUT2D eigenvalue weighted by molar-refractivity contribution is 7.92. The van der Waals surface area contributed by atoms with E-state index in [4.69, 9.17) is 0 Å². The number of sulfone groups is 1. The number of carbonyl (C=O) groups is 1. The van der Waals surface area contributed by atoms with Crippen LogP contribution in [0, 0.1) is 0 Å². The van der Waals surface area contributed by atoms with Crippen LogP contribution < -0.4 is 5.32 Å². The minimum Gasteiger partial charge on any atom is -0.352 e. The number of hydrogen-bond acceptors (Lipinski definition) is 5. The molecule has 9 heteroatoms. The molecule has 0 aromatic heterocycles. The molecule has 1 aliphatic rings. The molecule has 1 saturated heterocycles. The number of amides is 1. The van der Waals surface area contributed by atoms with E-state index in [9.17, 15) is 21.6 Å². The van der Waals surface area contributed by atoms with E-state index in [1.165, 1.54) is 23.4 Å². The molecule has 7 nitrogen and oxygen atoms in total. The molecule has 2 rings (SSSR count). The van der Waals surface area contributed by atoms with Crippen LogP contribution in [0.25, 0.3) is 0 Å². The standard InChI is InChI=1S/C17H26N2O5S2/c1-4-13(2)19(16-9-10-25(21,22)12-16)26(23,24)17-7-5-15(6-8-17)11-18-14(3)20/h5-8,13,16H,4,9-12H2,1-3H3,(H,18,20)/t13-,16+/m1/s1. The van der Waals surface area contributed by atoms with Gasteiger partial charge in [-0.1, -0.05) is 19.1 Å². The molecule has 146 valence electrons. The number of hydrogen-bond donors (Lipinski definition) is 1. The summed E-state index contributed by atoms with van der Waals surface area (Å²) in [6.07, 6.45) is 0.920. The first-order valence-electron chi connectivity index (χ1n) is 8.64. The van der Waals surface area contributed by atoms with Crippen molar-refractivity contribution in [1.29, 1.82) is 0 Å². The molecule has 0 aliphatic carbocycles. The number of sulfonamides is 1. The molecule has 1 N–H and O–H groups in total. The summed E-state index contributed by atoms with van der Waals surface area (Å²) in [5.41, 5.74) is 0.790. The molecule has 0 spiro atoms. The van der Waals surface area contributed by atoms with Crippen LogP contribution in [-0.4, -0.2) is 50.6 Å². The van der Waals surface area contributed by atoms with Gasteiger partial charge in [-0.2, -0.15) is 4.31 Å². The van der Waals surface area contributed by atoms with Crippen LogP contribution in [0.5, 0.6) is 0 Å². The summed E-state index contributed by atoms with van der Waals surface area (Å²) in [5, 5.41) is 2.66. The molecule has 1 aliphatic heterocycles. The second-order valence-electron chi connectivity index (χ2n) is 6.70. The van der Waals surface area contributed by atoms with Crippen molar-refractivity contribution in [2.75, 3.05) is 11.5 Å². The van der Waals surface area contributed by atoms with Crippen molar-refractivity contribution in [2.45, 2.75) is 57.1 Å². The third kappa shape index (κ3) is 4.83. The molecule has 0 saturated carbocycles. The highest BCUT2D eigenvalue weighted by Crippen LogP contribution is 2.28. The first-order chi connectivity index (χ1) is 12.1. The molecule has 1 aromatic rings. The molecule has 0 unspecified atom stereocenters. The first kappa shape index (κ1) is 20.9. The van der Waals surface area contributed by atoms with Gasteiger partial charge in [0.2, 0.25) is 15.9 Å². The van der Waals surface area contributed by atoms with E-state index >= 15 is 0 Å². The van der Waals surface area contributed by atoms with Crippen LogP contribution in [-0.2, 0) is 31.2 Å². The molecular formula is C17H26N2O5S2. The lowest BCUT2D eigenvalue weighted by molar-refractivity contribution is -0.119. The Kier molecular flexibility index (Phi) is 6.46. The molecule has 1 amide bonds. The number of carbonyl (C=O) groups excluding carboxylic acids is 1. The van der Waals surface area contributed by atoms with Crippen LogP contribution >= 0.6 is 0 Å². The number of rotatable bonds is 7. The highest BCUT2D eigenvalue weighted by Gasteiger charge is 2.40. The van der Waals surface area contributed by atoms with Gasteiger partial charge in [0, 0.05) is 25.6 Å². The summed E-state index contributed by atoms with van der Waals surface area (Å²) < 4.78 is 51.4. The van der Waals surface area contributed by atoms with E-state index in [0.717, 1.165) is 5.56 Å². The van der Waals surface area contributed by atoms with Crippen molar-refractivity contribution < 1.29 is 21.6 Å². The van der Waals surface area contributed by atoms with E-state index in [1.807, 2.05) is 6.92 Å². The summed E-state index contributed by atoms with van der Waals surface area (Å²) in [4.78, 5) is 11.1. The molecule has 1 fully saturated rings. The van der Waals surface area contributed by atoms with E-state index in [0.29, 0.717) is 19.4 Å². The van der Waals surface area contributed by atoms with Gasteiger partial charge in [0.15, 0.2) is 9.84 Å². The Morgan fingerprint density at radius 3 is 2.38 bits per heavy atom. The Labute approximate surface area is 155 Å². The molecule has 26 heavy (non-hydrogen) atoms. The first-order valence-corrected chi connectivity index (χ1v) is 11.9. The zero-order chi connectivity index (χ0) is 19.5. The summed E-state index contributed by atoms with van der Waals surface area (Å²) in [6.45, 7) is 5.42. The second kappa shape index (κ2) is 8.06. The summed E-state index contributed by atoms with van der Waals surface area (Å²) in [6, 6.07) is 5.50. The van der Waals surface area contributed by atoms with E-state index in [-0.39, 0.29) is 28.4 Å². The predicted molar refractivity (Wildman–Crippen MR) is 99.8 cm³/mol. The lowest BCUT2D eigenvalue weighted by Gasteiger charge is -2.32. The van der Waals surface area contributed by atoms with Crippen LogP contribution in [0.2, 0.25) is 0 Å². The number of nitrogens with zero attached hydrogens (tertiary/aromatic N) is 1. The summed E-state index contributed by atoms with van der Waals surface area (Å²) in [7, 11) is -7.01. The molecule has 2 atom stereocenters. The van der Waals surface area contributed by atoms with Gasteiger partial charge in [0.1, 0.15) is 0 Å². The lowest BCUT2D eigenvalue weighted by Crippen LogP contribution is -2.46. The van der Waals surface area contributed by atoms with Crippen LogP contribution in [0.4, 0.5) is 0 Å². The zero-order valence-electron chi connectivity index (χ0n) is 15.3. The maximum atomic E-state index is 13.2. The Morgan fingerprint density at radius 2 is 1.92 bits per heavy atom. The molecule has 1 aromatic carbocycles. The van der Waals surface area contributed by atoms with Gasteiger partial charge in [0.05, 0.1) is 16.4 Å². The third-order valence-electron chi connectivity index (χ3n) is 4.63. The highest BCUT2D eigenvalue weighted by atomic mass is 32.2. The minimum atomic E-state index is -3.81. The van der Waals surface area contributed by atoms with Crippen molar-refractivity contribution >= 4 is 25.8 Å².